The van der Waals surface area contributed by atoms with E-state index in [-0.39, 0.29) is 24.5 Å². The minimum atomic E-state index is -4.81. The molecule has 41 heavy (non-hydrogen) atoms. The number of benzene rings is 3. The second-order valence-corrected chi connectivity index (χ2v) is 11.5. The largest absolute Gasteiger partial charge is 0.416 e. The number of alkyl halides is 3. The molecule has 2 amide bonds. The number of sulfonamides is 1. The van der Waals surface area contributed by atoms with Crippen LogP contribution in [0.2, 0.25) is 5.02 Å². The van der Waals surface area contributed by atoms with Crippen molar-refractivity contribution in [3.05, 3.63) is 100 Å². The van der Waals surface area contributed by atoms with E-state index in [0.717, 1.165) is 17.2 Å². The van der Waals surface area contributed by atoms with Crippen LogP contribution in [-0.4, -0.2) is 50.5 Å². The zero-order valence-corrected chi connectivity index (χ0v) is 23.7. The van der Waals surface area contributed by atoms with Gasteiger partial charge in [0.05, 0.1) is 22.5 Å². The van der Waals surface area contributed by atoms with Crippen molar-refractivity contribution < 1.29 is 35.6 Å². The first-order valence-corrected chi connectivity index (χ1v) is 14.6. The Hall–Kier alpha value is -3.64. The number of likely N-dealkylation sites (N-methyl/N-ethyl adjacent to an activating group) is 1. The Morgan fingerprint density at radius 2 is 1.61 bits per heavy atom. The molecule has 0 unspecified atom stereocenters. The number of amides is 2. The Balaban J connectivity index is 2.09. The fourth-order valence-electron chi connectivity index (χ4n) is 4.11. The van der Waals surface area contributed by atoms with Gasteiger partial charge in [0.1, 0.15) is 18.4 Å². The number of hydrogen-bond donors (Lipinski definition) is 1. The Kier molecular flexibility index (Phi) is 10.4. The van der Waals surface area contributed by atoms with E-state index in [4.69, 9.17) is 11.6 Å². The lowest BCUT2D eigenvalue weighted by molar-refractivity contribution is -0.140. The smallest absolute Gasteiger partial charge is 0.355 e. The van der Waals surface area contributed by atoms with Gasteiger partial charge in [-0.25, -0.2) is 12.8 Å². The van der Waals surface area contributed by atoms with Crippen molar-refractivity contribution in [3.8, 4) is 0 Å². The first-order chi connectivity index (χ1) is 19.2. The first-order valence-electron chi connectivity index (χ1n) is 12.4. The average molecular weight is 614 g/mol. The van der Waals surface area contributed by atoms with Crippen LogP contribution in [0.3, 0.4) is 0 Å². The second-order valence-electron chi connectivity index (χ2n) is 9.18. The minimum absolute atomic E-state index is 0.0444. The summed E-state index contributed by atoms with van der Waals surface area (Å²) in [6.45, 7) is 0.746. The Morgan fingerprint density at radius 3 is 2.17 bits per heavy atom. The highest BCUT2D eigenvalue weighted by atomic mass is 35.5. The predicted molar refractivity (Wildman–Crippen MR) is 148 cm³/mol. The van der Waals surface area contributed by atoms with E-state index in [9.17, 15) is 35.6 Å². The van der Waals surface area contributed by atoms with E-state index in [1.165, 1.54) is 24.3 Å². The summed E-state index contributed by atoms with van der Waals surface area (Å²) in [7, 11) is -4.34. The summed E-state index contributed by atoms with van der Waals surface area (Å²) in [4.78, 5) is 28.3. The van der Waals surface area contributed by atoms with Crippen molar-refractivity contribution in [2.75, 3.05) is 23.7 Å². The molecule has 0 heterocycles. The van der Waals surface area contributed by atoms with Crippen LogP contribution in [0.4, 0.5) is 23.2 Å². The van der Waals surface area contributed by atoms with Gasteiger partial charge in [-0.1, -0.05) is 54.1 Å². The quantitative estimate of drug-likeness (QED) is 0.307. The molecule has 3 rings (SSSR count). The lowest BCUT2D eigenvalue weighted by Gasteiger charge is -2.33. The van der Waals surface area contributed by atoms with Gasteiger partial charge in [-0.15, -0.1) is 0 Å². The van der Waals surface area contributed by atoms with Gasteiger partial charge < -0.3 is 10.2 Å². The summed E-state index contributed by atoms with van der Waals surface area (Å²) in [5.41, 5.74) is -0.575. The molecule has 7 nitrogen and oxygen atoms in total. The zero-order valence-electron chi connectivity index (χ0n) is 22.2. The third kappa shape index (κ3) is 8.67. The standard InChI is InChI=1S/C28H28ClF4N3O4S/c1-3-34-27(38)25(15-19-7-5-4-6-8-19)35(17-20-9-12-22(30)13-10-20)26(37)18-36(41(2,39)40)24-16-21(28(31,32)33)11-14-23(24)29/h4-14,16,25H,3,15,17-18H2,1-2H3,(H,34,38)/t25-/m0/s1. The van der Waals surface area contributed by atoms with Crippen molar-refractivity contribution in [2.24, 2.45) is 0 Å². The maximum absolute atomic E-state index is 13.9. The number of nitrogens with one attached hydrogen (secondary N) is 1. The van der Waals surface area contributed by atoms with Crippen molar-refractivity contribution in [1.29, 1.82) is 0 Å². The van der Waals surface area contributed by atoms with Crippen molar-refractivity contribution >= 4 is 39.1 Å². The van der Waals surface area contributed by atoms with Gasteiger partial charge in [0.15, 0.2) is 0 Å². The Bertz CT molecular complexity index is 1470. The van der Waals surface area contributed by atoms with Crippen LogP contribution >= 0.6 is 11.6 Å². The summed E-state index contributed by atoms with van der Waals surface area (Å²) in [6, 6.07) is 14.9. The second kappa shape index (κ2) is 13.3. The highest BCUT2D eigenvalue weighted by Gasteiger charge is 2.35. The third-order valence-electron chi connectivity index (χ3n) is 6.11. The van der Waals surface area contributed by atoms with Crippen molar-refractivity contribution in [3.63, 3.8) is 0 Å². The molecule has 0 aromatic heterocycles. The van der Waals surface area contributed by atoms with Crippen molar-refractivity contribution in [2.45, 2.75) is 32.1 Å². The minimum Gasteiger partial charge on any atom is -0.355 e. The fraction of sp³-hybridized carbons (Fsp3) is 0.286. The van der Waals surface area contributed by atoms with Crippen LogP contribution in [0.15, 0.2) is 72.8 Å². The topological polar surface area (TPSA) is 86.8 Å². The van der Waals surface area contributed by atoms with Gasteiger partial charge in [0.2, 0.25) is 21.8 Å². The van der Waals surface area contributed by atoms with Crippen LogP contribution in [0.25, 0.3) is 0 Å². The molecule has 220 valence electrons. The molecular formula is C28H28ClF4N3O4S. The molecule has 0 fully saturated rings. The first kappa shape index (κ1) is 31.9. The van der Waals surface area contributed by atoms with E-state index in [1.807, 2.05) is 0 Å². The molecule has 13 heteroatoms. The molecule has 0 radical (unpaired) electrons. The molecule has 0 aliphatic heterocycles. The molecular weight excluding hydrogens is 586 g/mol. The number of anilines is 1. The van der Waals surface area contributed by atoms with Gasteiger partial charge >= 0.3 is 6.18 Å². The van der Waals surface area contributed by atoms with Crippen LogP contribution in [0, 0.1) is 5.82 Å². The predicted octanol–water partition coefficient (Wildman–Crippen LogP) is 5.04. The van der Waals surface area contributed by atoms with Gasteiger partial charge in [0.25, 0.3) is 0 Å². The van der Waals surface area contributed by atoms with Crippen LogP contribution in [0.5, 0.6) is 0 Å². The van der Waals surface area contributed by atoms with E-state index in [1.54, 1.807) is 37.3 Å². The fourth-order valence-corrected chi connectivity index (χ4v) is 5.23. The SMILES string of the molecule is CCNC(=O)[C@H](Cc1ccccc1)N(Cc1ccc(F)cc1)C(=O)CN(c1cc(C(F)(F)F)ccc1Cl)S(C)(=O)=O. The number of nitrogens with zero attached hydrogens (tertiary/aromatic N) is 2. The Labute approximate surface area is 240 Å². The average Bonchev–Trinajstić information content (AvgIpc) is 2.90. The number of halogens is 5. The van der Waals surface area contributed by atoms with E-state index in [2.05, 4.69) is 5.32 Å². The normalized spacial score (nSPS) is 12.5. The van der Waals surface area contributed by atoms with E-state index < -0.39 is 57.7 Å². The van der Waals surface area contributed by atoms with Crippen LogP contribution in [-0.2, 0) is 38.8 Å². The van der Waals surface area contributed by atoms with Gasteiger partial charge in [-0.2, -0.15) is 13.2 Å². The van der Waals surface area contributed by atoms with Crippen LogP contribution < -0.4 is 9.62 Å². The third-order valence-corrected chi connectivity index (χ3v) is 7.56. The molecule has 0 bridgehead atoms. The summed E-state index contributed by atoms with van der Waals surface area (Å²) in [5, 5.41) is 2.35. The van der Waals surface area contributed by atoms with Crippen molar-refractivity contribution in [1.82, 2.24) is 10.2 Å². The molecule has 0 spiro atoms. The number of rotatable bonds is 11. The lowest BCUT2D eigenvalue weighted by Crippen LogP contribution is -2.53. The van der Waals surface area contributed by atoms with Gasteiger partial charge in [-0.05, 0) is 48.4 Å². The maximum atomic E-state index is 13.9. The van der Waals surface area contributed by atoms with E-state index >= 15 is 0 Å². The molecule has 1 atom stereocenters. The maximum Gasteiger partial charge on any atom is 0.416 e. The Morgan fingerprint density at radius 1 is 0.976 bits per heavy atom. The molecule has 0 saturated heterocycles. The lowest BCUT2D eigenvalue weighted by atomic mass is 10.0. The highest BCUT2D eigenvalue weighted by Crippen LogP contribution is 2.36. The summed E-state index contributed by atoms with van der Waals surface area (Å²) >= 11 is 6.12. The molecule has 0 aliphatic carbocycles. The summed E-state index contributed by atoms with van der Waals surface area (Å²) in [6.07, 6.45) is -4.03. The zero-order chi connectivity index (χ0) is 30.4. The van der Waals surface area contributed by atoms with Gasteiger partial charge in [-0.3, -0.25) is 13.9 Å². The van der Waals surface area contributed by atoms with Crippen LogP contribution in [0.1, 0.15) is 23.6 Å². The molecule has 1 N–H and O–H groups in total. The van der Waals surface area contributed by atoms with E-state index in [0.29, 0.717) is 27.6 Å². The molecule has 3 aromatic rings. The number of carbonyl (C=O) groups is 2. The number of carbonyl (C=O) groups excluding carboxylic acids is 2. The number of hydrogen-bond acceptors (Lipinski definition) is 4. The monoisotopic (exact) mass is 613 g/mol. The highest BCUT2D eigenvalue weighted by molar-refractivity contribution is 7.92. The molecule has 3 aromatic carbocycles. The summed E-state index contributed by atoms with van der Waals surface area (Å²) in [5.74, 6) is -1.95. The van der Waals surface area contributed by atoms with Gasteiger partial charge in [0, 0.05) is 19.5 Å². The summed E-state index contributed by atoms with van der Waals surface area (Å²) < 4.78 is 80.0. The molecule has 0 saturated carbocycles. The molecule has 0 aliphatic rings.